The summed E-state index contributed by atoms with van der Waals surface area (Å²) >= 11 is 0. The molecule has 7 heteroatoms. The smallest absolute Gasteiger partial charge is 0.335 e. The predicted octanol–water partition coefficient (Wildman–Crippen LogP) is 4.33. The highest BCUT2D eigenvalue weighted by Gasteiger charge is 2.13. The van der Waals surface area contributed by atoms with Crippen LogP contribution in [0, 0.1) is 17.1 Å². The van der Waals surface area contributed by atoms with Crippen molar-refractivity contribution in [2.75, 3.05) is 5.32 Å². The fraction of sp³-hybridized carbons (Fsp3) is 0. The fourth-order valence-electron chi connectivity index (χ4n) is 2.45. The summed E-state index contributed by atoms with van der Waals surface area (Å²) in [6.45, 7) is 0. The first kappa shape index (κ1) is 18.6. The average molecular weight is 376 g/mol. The van der Waals surface area contributed by atoms with Crippen molar-refractivity contribution in [3.8, 4) is 17.4 Å². The Hall–Kier alpha value is -4.18. The van der Waals surface area contributed by atoms with E-state index >= 15 is 0 Å². The number of carbonyl (C=O) groups is 2. The van der Waals surface area contributed by atoms with Crippen molar-refractivity contribution in [3.63, 3.8) is 0 Å². The van der Waals surface area contributed by atoms with Gasteiger partial charge in [0.15, 0.2) is 0 Å². The minimum absolute atomic E-state index is 0.00561. The van der Waals surface area contributed by atoms with Gasteiger partial charge in [-0.1, -0.05) is 18.2 Å². The summed E-state index contributed by atoms with van der Waals surface area (Å²) in [7, 11) is 0. The molecule has 28 heavy (non-hydrogen) atoms. The normalized spacial score (nSPS) is 10.9. The molecule has 138 valence electrons. The van der Waals surface area contributed by atoms with Crippen molar-refractivity contribution < 1.29 is 23.5 Å². The summed E-state index contributed by atoms with van der Waals surface area (Å²) in [4.78, 5) is 23.3. The lowest BCUT2D eigenvalue weighted by Gasteiger charge is -2.05. The summed E-state index contributed by atoms with van der Waals surface area (Å²) in [5.41, 5.74) is 0.533. The highest BCUT2D eigenvalue weighted by atomic mass is 19.1. The van der Waals surface area contributed by atoms with Crippen LogP contribution in [0.4, 0.5) is 10.1 Å². The fourth-order valence-corrected chi connectivity index (χ4v) is 2.45. The van der Waals surface area contributed by atoms with E-state index in [1.165, 1.54) is 42.5 Å². The molecule has 0 fully saturated rings. The Balaban J connectivity index is 1.80. The lowest BCUT2D eigenvalue weighted by molar-refractivity contribution is -0.112. The van der Waals surface area contributed by atoms with E-state index in [0.717, 1.165) is 0 Å². The lowest BCUT2D eigenvalue weighted by atomic mass is 10.1. The largest absolute Gasteiger partial charge is 0.478 e. The Morgan fingerprint density at radius 1 is 1.11 bits per heavy atom. The Kier molecular flexibility index (Phi) is 5.33. The number of nitrogens with zero attached hydrogens (tertiary/aromatic N) is 1. The van der Waals surface area contributed by atoms with E-state index in [-0.39, 0.29) is 22.6 Å². The molecule has 1 amide bonds. The van der Waals surface area contributed by atoms with Crippen molar-refractivity contribution in [2.24, 2.45) is 0 Å². The monoisotopic (exact) mass is 376 g/mol. The van der Waals surface area contributed by atoms with Gasteiger partial charge in [-0.25, -0.2) is 9.18 Å². The number of rotatable bonds is 5. The number of hydrogen-bond donors (Lipinski definition) is 2. The van der Waals surface area contributed by atoms with E-state index in [9.17, 15) is 19.2 Å². The molecule has 3 aromatic rings. The SMILES string of the molecule is N#C/C(=C/c1ccc(-c2cccc(F)c2)o1)C(=O)Nc1cccc(C(=O)O)c1. The van der Waals surface area contributed by atoms with E-state index in [1.807, 2.05) is 0 Å². The number of carboxylic acid groups (broad SMARTS) is 1. The summed E-state index contributed by atoms with van der Waals surface area (Å²) in [5, 5.41) is 20.7. The average Bonchev–Trinajstić information content (AvgIpc) is 3.15. The Bertz CT molecular complexity index is 1130. The molecule has 0 saturated carbocycles. The number of nitrogens with one attached hydrogen (secondary N) is 1. The zero-order valence-corrected chi connectivity index (χ0v) is 14.3. The minimum atomic E-state index is -1.13. The number of aromatic carboxylic acids is 1. The molecule has 3 rings (SSSR count). The van der Waals surface area contributed by atoms with Gasteiger partial charge in [-0.3, -0.25) is 4.79 Å². The number of halogens is 1. The highest BCUT2D eigenvalue weighted by molar-refractivity contribution is 6.09. The van der Waals surface area contributed by atoms with Crippen LogP contribution < -0.4 is 5.32 Å². The highest BCUT2D eigenvalue weighted by Crippen LogP contribution is 2.24. The van der Waals surface area contributed by atoms with Gasteiger partial charge in [-0.2, -0.15) is 5.26 Å². The number of hydrogen-bond acceptors (Lipinski definition) is 4. The quantitative estimate of drug-likeness (QED) is 0.510. The molecule has 0 atom stereocenters. The number of nitriles is 1. The molecular formula is C21H13FN2O4. The summed E-state index contributed by atoms with van der Waals surface area (Å²) in [5.74, 6) is -1.63. The van der Waals surface area contributed by atoms with E-state index in [1.54, 1.807) is 30.3 Å². The van der Waals surface area contributed by atoms with Crippen molar-refractivity contribution in [1.82, 2.24) is 0 Å². The Labute approximate surface area is 159 Å². The standard InChI is InChI=1S/C21H13FN2O4/c22-16-5-1-3-13(9-16)19-8-7-18(28-19)11-15(12-23)20(25)24-17-6-2-4-14(10-17)21(26)27/h1-11H,(H,24,25)(H,26,27)/b15-11-. The minimum Gasteiger partial charge on any atom is -0.478 e. The van der Waals surface area contributed by atoms with Crippen LogP contribution in [0.2, 0.25) is 0 Å². The summed E-state index contributed by atoms with van der Waals surface area (Å²) in [6.07, 6.45) is 1.25. The van der Waals surface area contributed by atoms with Crippen LogP contribution in [0.25, 0.3) is 17.4 Å². The van der Waals surface area contributed by atoms with Crippen LogP contribution in [-0.2, 0) is 4.79 Å². The van der Waals surface area contributed by atoms with Crippen molar-refractivity contribution in [2.45, 2.75) is 0 Å². The maximum absolute atomic E-state index is 13.3. The second-order valence-electron chi connectivity index (χ2n) is 5.72. The van der Waals surface area contributed by atoms with Crippen molar-refractivity contribution in [1.29, 1.82) is 5.26 Å². The number of carboxylic acids is 1. The third kappa shape index (κ3) is 4.31. The van der Waals surface area contributed by atoms with Gasteiger partial charge < -0.3 is 14.8 Å². The molecule has 1 heterocycles. The molecular weight excluding hydrogens is 363 g/mol. The maximum Gasteiger partial charge on any atom is 0.335 e. The van der Waals surface area contributed by atoms with Crippen LogP contribution >= 0.6 is 0 Å². The van der Waals surface area contributed by atoms with Crippen LogP contribution in [0.5, 0.6) is 0 Å². The topological polar surface area (TPSA) is 103 Å². The second-order valence-corrected chi connectivity index (χ2v) is 5.72. The van der Waals surface area contributed by atoms with Gasteiger partial charge in [-0.15, -0.1) is 0 Å². The number of anilines is 1. The number of benzene rings is 2. The number of carbonyl (C=O) groups excluding carboxylic acids is 1. The van der Waals surface area contributed by atoms with Crippen LogP contribution in [0.1, 0.15) is 16.1 Å². The van der Waals surface area contributed by atoms with E-state index < -0.39 is 17.7 Å². The van der Waals surface area contributed by atoms with Gasteiger partial charge in [0.05, 0.1) is 5.56 Å². The summed E-state index contributed by atoms with van der Waals surface area (Å²) in [6, 6.07) is 16.4. The molecule has 0 unspecified atom stereocenters. The van der Waals surface area contributed by atoms with Crippen LogP contribution in [0.15, 0.2) is 70.7 Å². The van der Waals surface area contributed by atoms with Gasteiger partial charge in [0, 0.05) is 17.3 Å². The molecule has 0 saturated heterocycles. The first-order valence-corrected chi connectivity index (χ1v) is 8.08. The summed E-state index contributed by atoms with van der Waals surface area (Å²) < 4.78 is 18.9. The first-order valence-electron chi connectivity index (χ1n) is 8.08. The molecule has 0 aliphatic heterocycles. The molecule has 2 aromatic carbocycles. The second kappa shape index (κ2) is 8.01. The molecule has 6 nitrogen and oxygen atoms in total. The van der Waals surface area contributed by atoms with Gasteiger partial charge >= 0.3 is 5.97 Å². The molecule has 0 aliphatic carbocycles. The van der Waals surface area contributed by atoms with Crippen molar-refractivity contribution in [3.05, 3.63) is 83.4 Å². The third-order valence-electron chi connectivity index (χ3n) is 3.75. The Morgan fingerprint density at radius 2 is 1.89 bits per heavy atom. The molecule has 2 N–H and O–H groups in total. The zero-order chi connectivity index (χ0) is 20.1. The van der Waals surface area contributed by atoms with E-state index in [0.29, 0.717) is 11.3 Å². The Morgan fingerprint density at radius 3 is 2.61 bits per heavy atom. The molecule has 0 radical (unpaired) electrons. The van der Waals surface area contributed by atoms with Gasteiger partial charge in [0.1, 0.15) is 29.0 Å². The van der Waals surface area contributed by atoms with E-state index in [2.05, 4.69) is 5.32 Å². The van der Waals surface area contributed by atoms with Crippen LogP contribution in [0.3, 0.4) is 0 Å². The number of amides is 1. The lowest BCUT2D eigenvalue weighted by Crippen LogP contribution is -2.13. The molecule has 0 aliphatic rings. The molecule has 0 bridgehead atoms. The van der Waals surface area contributed by atoms with Gasteiger partial charge in [0.2, 0.25) is 0 Å². The van der Waals surface area contributed by atoms with Crippen molar-refractivity contribution >= 4 is 23.6 Å². The molecule has 0 spiro atoms. The number of furan rings is 1. The van der Waals surface area contributed by atoms with Gasteiger partial charge in [0.25, 0.3) is 5.91 Å². The predicted molar refractivity (Wildman–Crippen MR) is 99.7 cm³/mol. The van der Waals surface area contributed by atoms with E-state index in [4.69, 9.17) is 9.52 Å². The first-order chi connectivity index (χ1) is 13.5. The molecule has 1 aromatic heterocycles. The zero-order valence-electron chi connectivity index (χ0n) is 14.3. The maximum atomic E-state index is 13.3. The van der Waals surface area contributed by atoms with Gasteiger partial charge in [-0.05, 0) is 42.5 Å². The third-order valence-corrected chi connectivity index (χ3v) is 3.75. The van der Waals surface area contributed by atoms with Crippen LogP contribution in [-0.4, -0.2) is 17.0 Å².